The van der Waals surface area contributed by atoms with Crippen LogP contribution in [0.25, 0.3) is 0 Å². The summed E-state index contributed by atoms with van der Waals surface area (Å²) in [5, 5.41) is 12.8. The molecule has 3 nitrogen and oxygen atoms in total. The van der Waals surface area contributed by atoms with E-state index in [0.29, 0.717) is 6.04 Å². The summed E-state index contributed by atoms with van der Waals surface area (Å²) in [7, 11) is 0. The molecule has 102 valence electrons. The minimum Gasteiger partial charge on any atom is -0.491 e. The van der Waals surface area contributed by atoms with Crippen molar-refractivity contribution in [3.05, 3.63) is 29.8 Å². The number of nitrogens with one attached hydrogen (secondary N) is 1. The van der Waals surface area contributed by atoms with Crippen LogP contribution >= 0.6 is 0 Å². The van der Waals surface area contributed by atoms with Gasteiger partial charge in [-0.2, -0.15) is 0 Å². The Hall–Kier alpha value is -1.06. The van der Waals surface area contributed by atoms with Crippen LogP contribution < -0.4 is 10.1 Å². The lowest BCUT2D eigenvalue weighted by Crippen LogP contribution is -2.32. The largest absolute Gasteiger partial charge is 0.491 e. The highest BCUT2D eigenvalue weighted by molar-refractivity contribution is 5.29. The third-order valence-corrected chi connectivity index (χ3v) is 2.93. The standard InChI is InChI=1S/C15H25NO2/c1-5-12(4)16-15(10-17)13-6-8-14(9-7-13)18-11(2)3/h6-9,11-12,15-17H,5,10H2,1-4H3. The molecule has 0 aliphatic rings. The van der Waals surface area contributed by atoms with Gasteiger partial charge in [0.05, 0.1) is 18.8 Å². The summed E-state index contributed by atoms with van der Waals surface area (Å²) in [6.45, 7) is 8.38. The van der Waals surface area contributed by atoms with Gasteiger partial charge in [0, 0.05) is 6.04 Å². The summed E-state index contributed by atoms with van der Waals surface area (Å²) < 4.78 is 5.60. The maximum atomic E-state index is 9.44. The lowest BCUT2D eigenvalue weighted by atomic mass is 10.1. The molecule has 0 spiro atoms. The summed E-state index contributed by atoms with van der Waals surface area (Å²) in [5.41, 5.74) is 1.09. The molecule has 0 radical (unpaired) electrons. The number of hydrogen-bond donors (Lipinski definition) is 2. The molecule has 0 amide bonds. The normalized spacial score (nSPS) is 14.6. The fourth-order valence-corrected chi connectivity index (χ4v) is 1.77. The Labute approximate surface area is 110 Å². The van der Waals surface area contributed by atoms with Crippen molar-refractivity contribution < 1.29 is 9.84 Å². The van der Waals surface area contributed by atoms with Crippen LogP contribution in [0.2, 0.25) is 0 Å². The van der Waals surface area contributed by atoms with Gasteiger partial charge < -0.3 is 15.2 Å². The predicted octanol–water partition coefficient (Wildman–Crippen LogP) is 2.90. The van der Waals surface area contributed by atoms with E-state index in [0.717, 1.165) is 17.7 Å². The molecule has 3 heteroatoms. The van der Waals surface area contributed by atoms with Crippen LogP contribution in [0.3, 0.4) is 0 Å². The van der Waals surface area contributed by atoms with Crippen LogP contribution in [-0.2, 0) is 0 Å². The molecule has 1 rings (SSSR count). The highest BCUT2D eigenvalue weighted by Crippen LogP contribution is 2.19. The number of ether oxygens (including phenoxy) is 1. The number of benzene rings is 1. The quantitative estimate of drug-likeness (QED) is 0.783. The summed E-state index contributed by atoms with van der Waals surface area (Å²) in [6, 6.07) is 8.32. The third-order valence-electron chi connectivity index (χ3n) is 2.93. The Bertz CT molecular complexity index is 335. The van der Waals surface area contributed by atoms with Gasteiger partial charge in [-0.15, -0.1) is 0 Å². The molecule has 0 bridgehead atoms. The molecular weight excluding hydrogens is 226 g/mol. The van der Waals surface area contributed by atoms with Gasteiger partial charge in [0.25, 0.3) is 0 Å². The monoisotopic (exact) mass is 251 g/mol. The molecule has 0 aliphatic carbocycles. The zero-order valence-corrected chi connectivity index (χ0v) is 11.8. The van der Waals surface area contributed by atoms with Crippen LogP contribution in [-0.4, -0.2) is 23.9 Å². The van der Waals surface area contributed by atoms with Gasteiger partial charge in [0.15, 0.2) is 0 Å². The Morgan fingerprint density at radius 3 is 2.22 bits per heavy atom. The Kier molecular flexibility index (Phi) is 6.16. The average Bonchev–Trinajstić information content (AvgIpc) is 2.36. The molecule has 1 aromatic rings. The Morgan fingerprint density at radius 1 is 1.17 bits per heavy atom. The first kappa shape index (κ1) is 15.0. The molecule has 0 fully saturated rings. The molecule has 0 aromatic heterocycles. The third kappa shape index (κ3) is 4.67. The smallest absolute Gasteiger partial charge is 0.119 e. The van der Waals surface area contributed by atoms with E-state index >= 15 is 0 Å². The van der Waals surface area contributed by atoms with Crippen molar-refractivity contribution in [2.45, 2.75) is 52.3 Å². The van der Waals surface area contributed by atoms with E-state index in [-0.39, 0.29) is 18.8 Å². The zero-order valence-electron chi connectivity index (χ0n) is 11.8. The fraction of sp³-hybridized carbons (Fsp3) is 0.600. The second-order valence-electron chi connectivity index (χ2n) is 4.95. The number of aliphatic hydroxyl groups excluding tert-OH is 1. The average molecular weight is 251 g/mol. The van der Waals surface area contributed by atoms with E-state index in [4.69, 9.17) is 4.74 Å². The van der Waals surface area contributed by atoms with Crippen LogP contribution in [0.5, 0.6) is 5.75 Å². The molecule has 0 aliphatic heterocycles. The summed E-state index contributed by atoms with van der Waals surface area (Å²) in [6.07, 6.45) is 1.23. The molecule has 0 saturated carbocycles. The SMILES string of the molecule is CCC(C)NC(CO)c1ccc(OC(C)C)cc1. The number of hydrogen-bond acceptors (Lipinski definition) is 3. The van der Waals surface area contributed by atoms with E-state index in [1.54, 1.807) is 0 Å². The van der Waals surface area contributed by atoms with Crippen molar-refractivity contribution in [3.63, 3.8) is 0 Å². The second kappa shape index (κ2) is 7.39. The molecule has 2 atom stereocenters. The minimum absolute atomic E-state index is 0.00644. The van der Waals surface area contributed by atoms with Crippen molar-refractivity contribution in [1.29, 1.82) is 0 Å². The Morgan fingerprint density at radius 2 is 1.78 bits per heavy atom. The predicted molar refractivity (Wildman–Crippen MR) is 74.9 cm³/mol. The molecule has 2 N–H and O–H groups in total. The first-order chi connectivity index (χ1) is 8.56. The fourth-order valence-electron chi connectivity index (χ4n) is 1.77. The van der Waals surface area contributed by atoms with E-state index in [2.05, 4.69) is 19.2 Å². The van der Waals surface area contributed by atoms with Crippen LogP contribution in [0.4, 0.5) is 0 Å². The van der Waals surface area contributed by atoms with Crippen molar-refractivity contribution in [2.24, 2.45) is 0 Å². The van der Waals surface area contributed by atoms with Gasteiger partial charge in [-0.05, 0) is 44.9 Å². The minimum atomic E-state index is -0.00644. The number of rotatable bonds is 7. The highest BCUT2D eigenvalue weighted by Gasteiger charge is 2.12. The maximum Gasteiger partial charge on any atom is 0.119 e. The zero-order chi connectivity index (χ0) is 13.5. The molecule has 0 saturated heterocycles. The topological polar surface area (TPSA) is 41.5 Å². The van der Waals surface area contributed by atoms with E-state index < -0.39 is 0 Å². The van der Waals surface area contributed by atoms with Gasteiger partial charge in [-0.1, -0.05) is 19.1 Å². The highest BCUT2D eigenvalue weighted by atomic mass is 16.5. The number of aliphatic hydroxyl groups is 1. The van der Waals surface area contributed by atoms with Crippen molar-refractivity contribution in [1.82, 2.24) is 5.32 Å². The second-order valence-corrected chi connectivity index (χ2v) is 4.95. The van der Waals surface area contributed by atoms with Gasteiger partial charge in [-0.25, -0.2) is 0 Å². The van der Waals surface area contributed by atoms with Crippen molar-refractivity contribution in [3.8, 4) is 5.75 Å². The maximum absolute atomic E-state index is 9.44. The Balaban J connectivity index is 2.69. The lowest BCUT2D eigenvalue weighted by molar-refractivity contribution is 0.232. The molecule has 18 heavy (non-hydrogen) atoms. The van der Waals surface area contributed by atoms with Crippen LogP contribution in [0.15, 0.2) is 24.3 Å². The summed E-state index contributed by atoms with van der Waals surface area (Å²) in [4.78, 5) is 0. The van der Waals surface area contributed by atoms with Crippen molar-refractivity contribution >= 4 is 0 Å². The van der Waals surface area contributed by atoms with Crippen LogP contribution in [0, 0.1) is 0 Å². The van der Waals surface area contributed by atoms with E-state index in [9.17, 15) is 5.11 Å². The van der Waals surface area contributed by atoms with Gasteiger partial charge >= 0.3 is 0 Å². The van der Waals surface area contributed by atoms with Gasteiger partial charge in [0.1, 0.15) is 5.75 Å². The first-order valence-corrected chi connectivity index (χ1v) is 6.70. The van der Waals surface area contributed by atoms with E-state index in [1.807, 2.05) is 38.1 Å². The molecule has 1 aromatic carbocycles. The van der Waals surface area contributed by atoms with Crippen molar-refractivity contribution in [2.75, 3.05) is 6.61 Å². The summed E-state index contributed by atoms with van der Waals surface area (Å²) in [5.74, 6) is 0.869. The lowest BCUT2D eigenvalue weighted by Gasteiger charge is -2.21. The van der Waals surface area contributed by atoms with E-state index in [1.165, 1.54) is 0 Å². The molecule has 0 heterocycles. The van der Waals surface area contributed by atoms with Gasteiger partial charge in [-0.3, -0.25) is 0 Å². The first-order valence-electron chi connectivity index (χ1n) is 6.70. The van der Waals surface area contributed by atoms with Crippen LogP contribution in [0.1, 0.15) is 45.7 Å². The summed E-state index contributed by atoms with van der Waals surface area (Å²) >= 11 is 0. The van der Waals surface area contributed by atoms with Gasteiger partial charge in [0.2, 0.25) is 0 Å². The molecular formula is C15H25NO2. The molecule has 2 unspecified atom stereocenters.